The SMILES string of the molecule is CC1(C)OB(C(=Cc2cccc(CCN)c2)CO)OC1(C)C. The fourth-order valence-corrected chi connectivity index (χ4v) is 2.40. The molecule has 5 heteroatoms. The highest BCUT2D eigenvalue weighted by Gasteiger charge is 2.52. The van der Waals surface area contributed by atoms with Gasteiger partial charge in [0.2, 0.25) is 0 Å². The lowest BCUT2D eigenvalue weighted by Gasteiger charge is -2.32. The largest absolute Gasteiger partial charge is 0.492 e. The van der Waals surface area contributed by atoms with Crippen LogP contribution in [0.2, 0.25) is 0 Å². The van der Waals surface area contributed by atoms with Crippen molar-refractivity contribution < 1.29 is 14.4 Å². The van der Waals surface area contributed by atoms with E-state index >= 15 is 0 Å². The van der Waals surface area contributed by atoms with Gasteiger partial charge in [-0.05, 0) is 57.3 Å². The zero-order valence-electron chi connectivity index (χ0n) is 13.9. The van der Waals surface area contributed by atoms with E-state index in [4.69, 9.17) is 15.0 Å². The first-order valence-corrected chi connectivity index (χ1v) is 7.75. The molecule has 0 aromatic heterocycles. The number of benzene rings is 1. The third kappa shape index (κ3) is 3.61. The summed E-state index contributed by atoms with van der Waals surface area (Å²) in [5, 5.41) is 9.71. The molecule has 3 N–H and O–H groups in total. The number of rotatable bonds is 5. The topological polar surface area (TPSA) is 64.7 Å². The van der Waals surface area contributed by atoms with Gasteiger partial charge in [-0.25, -0.2) is 0 Å². The molecule has 0 bridgehead atoms. The molecule has 1 aromatic rings. The molecule has 22 heavy (non-hydrogen) atoms. The Balaban J connectivity index is 2.23. The van der Waals surface area contributed by atoms with Crippen molar-refractivity contribution in [1.82, 2.24) is 0 Å². The molecular formula is C17H26BNO3. The number of hydrogen-bond donors (Lipinski definition) is 2. The summed E-state index contributed by atoms with van der Waals surface area (Å²) in [6.07, 6.45) is 2.77. The van der Waals surface area contributed by atoms with Crippen molar-refractivity contribution in [2.45, 2.75) is 45.3 Å². The Morgan fingerprint density at radius 1 is 1.23 bits per heavy atom. The molecule has 0 spiro atoms. The first-order chi connectivity index (χ1) is 10.3. The second-order valence-electron chi connectivity index (χ2n) is 6.75. The first-order valence-electron chi connectivity index (χ1n) is 7.75. The Bertz CT molecular complexity index is 539. The fourth-order valence-electron chi connectivity index (χ4n) is 2.40. The van der Waals surface area contributed by atoms with E-state index < -0.39 is 18.3 Å². The van der Waals surface area contributed by atoms with E-state index in [0.717, 1.165) is 17.5 Å². The van der Waals surface area contributed by atoms with Crippen LogP contribution in [-0.4, -0.2) is 36.6 Å². The summed E-state index contributed by atoms with van der Waals surface area (Å²) in [5.41, 5.74) is 7.71. The molecule has 1 fully saturated rings. The van der Waals surface area contributed by atoms with Gasteiger partial charge in [0.05, 0.1) is 17.8 Å². The molecular weight excluding hydrogens is 277 g/mol. The van der Waals surface area contributed by atoms with E-state index in [1.807, 2.05) is 45.9 Å². The van der Waals surface area contributed by atoms with Gasteiger partial charge >= 0.3 is 7.12 Å². The molecule has 0 saturated carbocycles. The molecule has 0 aliphatic carbocycles. The van der Waals surface area contributed by atoms with E-state index in [2.05, 4.69) is 12.1 Å². The maximum absolute atomic E-state index is 9.71. The number of aliphatic hydroxyl groups excluding tert-OH is 1. The van der Waals surface area contributed by atoms with Crippen molar-refractivity contribution in [2.24, 2.45) is 5.73 Å². The van der Waals surface area contributed by atoms with Crippen LogP contribution >= 0.6 is 0 Å². The molecule has 1 saturated heterocycles. The highest BCUT2D eigenvalue weighted by Crippen LogP contribution is 2.38. The average Bonchev–Trinajstić information content (AvgIpc) is 2.65. The second kappa shape index (κ2) is 6.55. The summed E-state index contributed by atoms with van der Waals surface area (Å²) in [5.74, 6) is 0. The Hall–Kier alpha value is -1.14. The van der Waals surface area contributed by atoms with Crippen molar-refractivity contribution in [1.29, 1.82) is 0 Å². The summed E-state index contributed by atoms with van der Waals surface area (Å²) in [6.45, 7) is 8.54. The summed E-state index contributed by atoms with van der Waals surface area (Å²) < 4.78 is 12.0. The molecule has 2 rings (SSSR count). The molecule has 120 valence electrons. The molecule has 0 amide bonds. The lowest BCUT2D eigenvalue weighted by molar-refractivity contribution is 0.00578. The van der Waals surface area contributed by atoms with E-state index in [1.165, 1.54) is 5.56 Å². The minimum atomic E-state index is -0.520. The molecule has 0 atom stereocenters. The summed E-state index contributed by atoms with van der Waals surface area (Å²) in [6, 6.07) is 8.13. The zero-order valence-corrected chi connectivity index (χ0v) is 13.9. The smallest absolute Gasteiger partial charge is 0.400 e. The van der Waals surface area contributed by atoms with Gasteiger partial charge in [-0.3, -0.25) is 0 Å². The van der Waals surface area contributed by atoms with E-state index in [1.54, 1.807) is 0 Å². The van der Waals surface area contributed by atoms with Gasteiger partial charge in [-0.2, -0.15) is 0 Å². The normalized spacial score (nSPS) is 20.5. The van der Waals surface area contributed by atoms with Crippen LogP contribution in [0, 0.1) is 0 Å². The average molecular weight is 303 g/mol. The van der Waals surface area contributed by atoms with Gasteiger partial charge < -0.3 is 20.1 Å². The standard InChI is InChI=1S/C17H26BNO3/c1-16(2)17(3,4)22-18(21-16)15(12-20)11-14-7-5-6-13(10-14)8-9-19/h5-7,10-11,20H,8-9,12,19H2,1-4H3. The van der Waals surface area contributed by atoms with Gasteiger partial charge in [0.1, 0.15) is 0 Å². The Labute approximate surface area is 133 Å². The molecule has 1 aliphatic rings. The van der Waals surface area contributed by atoms with Crippen molar-refractivity contribution in [2.75, 3.05) is 13.2 Å². The maximum Gasteiger partial charge on any atom is 0.492 e. The van der Waals surface area contributed by atoms with Crippen molar-refractivity contribution >= 4 is 13.2 Å². The highest BCUT2D eigenvalue weighted by molar-refractivity contribution is 6.55. The van der Waals surface area contributed by atoms with Crippen LogP contribution in [0.25, 0.3) is 6.08 Å². The van der Waals surface area contributed by atoms with Crippen LogP contribution in [0.15, 0.2) is 29.7 Å². The zero-order chi connectivity index (χ0) is 16.4. The van der Waals surface area contributed by atoms with Gasteiger partial charge in [0, 0.05) is 0 Å². The minimum absolute atomic E-state index is 0.0993. The Morgan fingerprint density at radius 2 is 1.86 bits per heavy atom. The fraction of sp³-hybridized carbons (Fsp3) is 0.529. The maximum atomic E-state index is 9.71. The lowest BCUT2D eigenvalue weighted by Crippen LogP contribution is -2.41. The predicted molar refractivity (Wildman–Crippen MR) is 90.3 cm³/mol. The first kappa shape index (κ1) is 17.2. The summed E-state index contributed by atoms with van der Waals surface area (Å²) >= 11 is 0. The molecule has 1 aromatic carbocycles. The highest BCUT2D eigenvalue weighted by atomic mass is 16.7. The van der Waals surface area contributed by atoms with Gasteiger partial charge in [0.15, 0.2) is 0 Å². The van der Waals surface area contributed by atoms with E-state index in [0.29, 0.717) is 6.54 Å². The van der Waals surface area contributed by atoms with Crippen LogP contribution in [0.1, 0.15) is 38.8 Å². The molecule has 1 heterocycles. The van der Waals surface area contributed by atoms with Crippen LogP contribution in [-0.2, 0) is 15.7 Å². The van der Waals surface area contributed by atoms with Crippen LogP contribution in [0.3, 0.4) is 0 Å². The van der Waals surface area contributed by atoms with Gasteiger partial charge in [-0.1, -0.05) is 30.3 Å². The van der Waals surface area contributed by atoms with Gasteiger partial charge in [-0.15, -0.1) is 0 Å². The lowest BCUT2D eigenvalue weighted by atomic mass is 9.77. The quantitative estimate of drug-likeness (QED) is 0.819. The number of nitrogens with two attached hydrogens (primary N) is 1. The summed E-state index contributed by atoms with van der Waals surface area (Å²) in [4.78, 5) is 0. The van der Waals surface area contributed by atoms with Crippen molar-refractivity contribution in [3.8, 4) is 0 Å². The minimum Gasteiger partial charge on any atom is -0.400 e. The molecule has 1 aliphatic heterocycles. The third-order valence-corrected chi connectivity index (χ3v) is 4.47. The van der Waals surface area contributed by atoms with E-state index in [-0.39, 0.29) is 6.61 Å². The third-order valence-electron chi connectivity index (χ3n) is 4.47. The van der Waals surface area contributed by atoms with Crippen molar-refractivity contribution in [3.63, 3.8) is 0 Å². The van der Waals surface area contributed by atoms with Crippen LogP contribution < -0.4 is 5.73 Å². The molecule has 4 nitrogen and oxygen atoms in total. The van der Waals surface area contributed by atoms with Gasteiger partial charge in [0.25, 0.3) is 0 Å². The van der Waals surface area contributed by atoms with Crippen molar-refractivity contribution in [3.05, 3.63) is 40.9 Å². The molecule has 0 radical (unpaired) electrons. The van der Waals surface area contributed by atoms with Crippen LogP contribution in [0.4, 0.5) is 0 Å². The number of hydrogen-bond acceptors (Lipinski definition) is 4. The Morgan fingerprint density at radius 3 is 2.41 bits per heavy atom. The second-order valence-corrected chi connectivity index (χ2v) is 6.75. The molecule has 0 unspecified atom stereocenters. The number of aliphatic hydroxyl groups is 1. The predicted octanol–water partition coefficient (Wildman–Crippen LogP) is 2.19. The monoisotopic (exact) mass is 303 g/mol. The summed E-state index contributed by atoms with van der Waals surface area (Å²) in [7, 11) is -0.520. The van der Waals surface area contributed by atoms with Crippen LogP contribution in [0.5, 0.6) is 0 Å². The Kier molecular flexibility index (Phi) is 5.12. The van der Waals surface area contributed by atoms with E-state index in [9.17, 15) is 5.11 Å².